The van der Waals surface area contributed by atoms with Gasteiger partial charge in [-0.05, 0) is 39.7 Å². The van der Waals surface area contributed by atoms with Crippen LogP contribution in [0.4, 0.5) is 0 Å². The molecule has 1 heterocycles. The number of carbonyl (C=O) groups is 1. The maximum absolute atomic E-state index is 11.5. The standard InChI is InChI=1S/C15H30N2O/c1-6-9-10-17-12-15(7-2,8-3)16-14(4,5)13(17)11-18/h11,13,16H,6-10,12H2,1-5H3. The van der Waals surface area contributed by atoms with Gasteiger partial charge in [-0.3, -0.25) is 4.90 Å². The van der Waals surface area contributed by atoms with Crippen LogP contribution in [-0.4, -0.2) is 41.4 Å². The van der Waals surface area contributed by atoms with Crippen molar-refractivity contribution >= 4 is 6.29 Å². The molecule has 18 heavy (non-hydrogen) atoms. The molecule has 1 aliphatic rings. The van der Waals surface area contributed by atoms with Crippen LogP contribution in [0.1, 0.15) is 60.3 Å². The third kappa shape index (κ3) is 3.12. The lowest BCUT2D eigenvalue weighted by Gasteiger charge is -2.54. The van der Waals surface area contributed by atoms with Gasteiger partial charge in [0, 0.05) is 17.6 Å². The quantitative estimate of drug-likeness (QED) is 0.740. The lowest BCUT2D eigenvalue weighted by Crippen LogP contribution is -2.73. The summed E-state index contributed by atoms with van der Waals surface area (Å²) in [6.45, 7) is 13.0. The SMILES string of the molecule is CCCCN1CC(CC)(CC)NC(C)(C)C1C=O. The van der Waals surface area contributed by atoms with Crippen LogP contribution in [-0.2, 0) is 4.79 Å². The number of nitrogens with zero attached hydrogens (tertiary/aromatic N) is 1. The molecule has 0 radical (unpaired) electrons. The number of hydrogen-bond donors (Lipinski definition) is 1. The molecule has 0 spiro atoms. The Kier molecular flexibility index (Phi) is 5.35. The fraction of sp³-hybridized carbons (Fsp3) is 0.933. The summed E-state index contributed by atoms with van der Waals surface area (Å²) in [7, 11) is 0. The lowest BCUT2D eigenvalue weighted by atomic mass is 9.80. The molecule has 1 saturated heterocycles. The van der Waals surface area contributed by atoms with E-state index in [1.807, 2.05) is 0 Å². The van der Waals surface area contributed by atoms with Crippen molar-refractivity contribution in [2.24, 2.45) is 0 Å². The van der Waals surface area contributed by atoms with E-state index in [2.05, 4.69) is 44.8 Å². The van der Waals surface area contributed by atoms with E-state index in [0.717, 1.165) is 32.2 Å². The Labute approximate surface area is 112 Å². The van der Waals surface area contributed by atoms with Crippen molar-refractivity contribution in [1.82, 2.24) is 10.2 Å². The van der Waals surface area contributed by atoms with Crippen LogP contribution < -0.4 is 5.32 Å². The molecule has 0 aliphatic carbocycles. The van der Waals surface area contributed by atoms with E-state index in [4.69, 9.17) is 0 Å². The van der Waals surface area contributed by atoms with Crippen LogP contribution >= 0.6 is 0 Å². The Morgan fingerprint density at radius 2 is 1.89 bits per heavy atom. The van der Waals surface area contributed by atoms with Crippen molar-refractivity contribution in [2.75, 3.05) is 13.1 Å². The smallest absolute Gasteiger partial charge is 0.138 e. The number of unbranched alkanes of at least 4 members (excludes halogenated alkanes) is 1. The molecule has 0 aromatic carbocycles. The monoisotopic (exact) mass is 254 g/mol. The highest BCUT2D eigenvalue weighted by Crippen LogP contribution is 2.30. The van der Waals surface area contributed by atoms with E-state index in [1.165, 1.54) is 12.8 Å². The largest absolute Gasteiger partial charge is 0.303 e. The molecule has 106 valence electrons. The molecule has 0 aromatic heterocycles. The number of aldehydes is 1. The fourth-order valence-corrected chi connectivity index (χ4v) is 3.23. The number of rotatable bonds is 6. The maximum atomic E-state index is 11.5. The van der Waals surface area contributed by atoms with Gasteiger partial charge in [0.1, 0.15) is 6.29 Å². The third-order valence-electron chi connectivity index (χ3n) is 4.51. The summed E-state index contributed by atoms with van der Waals surface area (Å²) in [5, 5.41) is 3.74. The van der Waals surface area contributed by atoms with Crippen LogP contribution in [0.5, 0.6) is 0 Å². The molecule has 1 atom stereocenters. The van der Waals surface area contributed by atoms with Crippen molar-refractivity contribution in [2.45, 2.75) is 77.4 Å². The first-order valence-electron chi connectivity index (χ1n) is 7.43. The minimum atomic E-state index is -0.139. The third-order valence-corrected chi connectivity index (χ3v) is 4.51. The molecule has 1 aliphatic heterocycles. The summed E-state index contributed by atoms with van der Waals surface area (Å²) in [5.74, 6) is 0. The summed E-state index contributed by atoms with van der Waals surface area (Å²) in [4.78, 5) is 13.8. The van der Waals surface area contributed by atoms with Crippen molar-refractivity contribution < 1.29 is 4.79 Å². The van der Waals surface area contributed by atoms with Gasteiger partial charge in [-0.1, -0.05) is 27.2 Å². The highest BCUT2D eigenvalue weighted by atomic mass is 16.1. The van der Waals surface area contributed by atoms with Crippen molar-refractivity contribution in [3.05, 3.63) is 0 Å². The van der Waals surface area contributed by atoms with Crippen molar-refractivity contribution in [3.8, 4) is 0 Å². The average molecular weight is 254 g/mol. The van der Waals surface area contributed by atoms with Gasteiger partial charge in [-0.25, -0.2) is 0 Å². The summed E-state index contributed by atoms with van der Waals surface area (Å²) in [6.07, 6.45) is 5.70. The zero-order chi connectivity index (χ0) is 13.8. The number of carbonyl (C=O) groups excluding carboxylic acids is 1. The molecule has 0 aromatic rings. The molecule has 1 fully saturated rings. The Morgan fingerprint density at radius 3 is 2.33 bits per heavy atom. The average Bonchev–Trinajstić information content (AvgIpc) is 2.34. The maximum Gasteiger partial charge on any atom is 0.138 e. The van der Waals surface area contributed by atoms with E-state index in [0.29, 0.717) is 0 Å². The molecule has 1 rings (SSSR count). The molecule has 3 nitrogen and oxygen atoms in total. The topological polar surface area (TPSA) is 32.3 Å². The molecule has 1 N–H and O–H groups in total. The number of hydrogen-bond acceptors (Lipinski definition) is 3. The highest BCUT2D eigenvalue weighted by Gasteiger charge is 2.46. The van der Waals surface area contributed by atoms with Crippen LogP contribution in [0.25, 0.3) is 0 Å². The van der Waals surface area contributed by atoms with E-state index in [-0.39, 0.29) is 17.1 Å². The van der Waals surface area contributed by atoms with Gasteiger partial charge in [0.25, 0.3) is 0 Å². The van der Waals surface area contributed by atoms with Gasteiger partial charge >= 0.3 is 0 Å². The van der Waals surface area contributed by atoms with Gasteiger partial charge in [0.05, 0.1) is 6.04 Å². The molecule has 0 amide bonds. The Morgan fingerprint density at radius 1 is 1.28 bits per heavy atom. The van der Waals surface area contributed by atoms with E-state index < -0.39 is 0 Å². The Balaban J connectivity index is 2.93. The van der Waals surface area contributed by atoms with Gasteiger partial charge in [0.2, 0.25) is 0 Å². The summed E-state index contributed by atoms with van der Waals surface area (Å²) in [5.41, 5.74) is 0.0243. The summed E-state index contributed by atoms with van der Waals surface area (Å²) in [6, 6.07) is -0.00438. The zero-order valence-corrected chi connectivity index (χ0v) is 12.8. The van der Waals surface area contributed by atoms with Gasteiger partial charge in [-0.2, -0.15) is 0 Å². The first kappa shape index (κ1) is 15.6. The Bertz CT molecular complexity index is 272. The second kappa shape index (κ2) is 6.16. The van der Waals surface area contributed by atoms with Gasteiger partial charge < -0.3 is 10.1 Å². The van der Waals surface area contributed by atoms with E-state index in [1.54, 1.807) is 0 Å². The minimum Gasteiger partial charge on any atom is -0.303 e. The van der Waals surface area contributed by atoms with Gasteiger partial charge in [0.15, 0.2) is 0 Å². The molecule has 0 saturated carbocycles. The van der Waals surface area contributed by atoms with Crippen molar-refractivity contribution in [3.63, 3.8) is 0 Å². The molecular formula is C15H30N2O. The predicted molar refractivity (Wildman–Crippen MR) is 76.9 cm³/mol. The predicted octanol–water partition coefficient (Wildman–Crippen LogP) is 2.60. The highest BCUT2D eigenvalue weighted by molar-refractivity contribution is 5.61. The first-order valence-corrected chi connectivity index (χ1v) is 7.43. The van der Waals surface area contributed by atoms with E-state index >= 15 is 0 Å². The van der Waals surface area contributed by atoms with Crippen LogP contribution in [0.15, 0.2) is 0 Å². The Hall–Kier alpha value is -0.410. The van der Waals surface area contributed by atoms with Gasteiger partial charge in [-0.15, -0.1) is 0 Å². The van der Waals surface area contributed by atoms with Crippen molar-refractivity contribution in [1.29, 1.82) is 0 Å². The van der Waals surface area contributed by atoms with E-state index in [9.17, 15) is 4.79 Å². The first-order chi connectivity index (χ1) is 8.44. The molecule has 1 unspecified atom stereocenters. The number of nitrogens with one attached hydrogen (secondary N) is 1. The number of piperazine rings is 1. The fourth-order valence-electron chi connectivity index (χ4n) is 3.23. The molecule has 3 heteroatoms. The summed E-state index contributed by atoms with van der Waals surface area (Å²) >= 11 is 0. The lowest BCUT2D eigenvalue weighted by molar-refractivity contribution is -0.119. The van der Waals surface area contributed by atoms with Crippen LogP contribution in [0, 0.1) is 0 Å². The summed E-state index contributed by atoms with van der Waals surface area (Å²) < 4.78 is 0. The van der Waals surface area contributed by atoms with Crippen LogP contribution in [0.2, 0.25) is 0 Å². The second-order valence-corrected chi connectivity index (χ2v) is 6.24. The second-order valence-electron chi connectivity index (χ2n) is 6.24. The zero-order valence-electron chi connectivity index (χ0n) is 12.8. The normalized spacial score (nSPS) is 27.1. The minimum absolute atomic E-state index is 0.00438. The molecular weight excluding hydrogens is 224 g/mol. The van der Waals surface area contributed by atoms with Crippen LogP contribution in [0.3, 0.4) is 0 Å². The molecule has 0 bridgehead atoms.